The maximum Gasteiger partial charge on any atom is 0.225 e. The predicted molar refractivity (Wildman–Crippen MR) is 104 cm³/mol. The van der Waals surface area contributed by atoms with E-state index in [0.717, 1.165) is 67.7 Å². The Morgan fingerprint density at radius 2 is 1.92 bits per heavy atom. The molecule has 1 fully saturated rings. The molecule has 0 spiro atoms. The first kappa shape index (κ1) is 17.6. The van der Waals surface area contributed by atoms with Gasteiger partial charge in [-0.2, -0.15) is 0 Å². The highest BCUT2D eigenvalue weighted by atomic mass is 35.5. The molecule has 1 aromatic carbocycles. The topological polar surface area (TPSA) is 50.3 Å². The Balaban J connectivity index is 1.44. The van der Waals surface area contributed by atoms with Gasteiger partial charge in [-0.3, -0.25) is 0 Å². The molecule has 5 nitrogen and oxygen atoms in total. The van der Waals surface area contributed by atoms with Crippen molar-refractivity contribution >= 4 is 17.5 Å². The Morgan fingerprint density at radius 1 is 1.15 bits per heavy atom. The minimum absolute atomic E-state index is 0.300. The van der Waals surface area contributed by atoms with E-state index in [1.54, 1.807) is 12.4 Å². The minimum Gasteiger partial charge on any atom is -0.493 e. The maximum absolute atomic E-state index is 6.33. The summed E-state index contributed by atoms with van der Waals surface area (Å²) in [5.74, 6) is 1.85. The smallest absolute Gasteiger partial charge is 0.225 e. The highest BCUT2D eigenvalue weighted by Crippen LogP contribution is 2.37. The third-order valence-corrected chi connectivity index (χ3v) is 5.51. The Hall–Kier alpha value is -1.85. The first-order valence-corrected chi connectivity index (χ1v) is 9.79. The molecule has 138 valence electrons. The van der Waals surface area contributed by atoms with Gasteiger partial charge in [0.25, 0.3) is 0 Å². The second kappa shape index (κ2) is 7.80. The van der Waals surface area contributed by atoms with Gasteiger partial charge in [-0.05, 0) is 56.4 Å². The van der Waals surface area contributed by atoms with Crippen LogP contribution in [0.1, 0.15) is 42.9 Å². The third-order valence-electron chi connectivity index (χ3n) is 5.29. The van der Waals surface area contributed by atoms with Gasteiger partial charge in [0.2, 0.25) is 5.95 Å². The monoisotopic (exact) mass is 372 g/mol. The van der Waals surface area contributed by atoms with Crippen molar-refractivity contribution in [1.82, 2.24) is 15.3 Å². The molecule has 0 amide bonds. The molecule has 1 saturated heterocycles. The molecule has 6 heteroatoms. The summed E-state index contributed by atoms with van der Waals surface area (Å²) < 4.78 is 6.01. The quantitative estimate of drug-likeness (QED) is 0.885. The van der Waals surface area contributed by atoms with Gasteiger partial charge in [0, 0.05) is 48.2 Å². The zero-order chi connectivity index (χ0) is 17.9. The van der Waals surface area contributed by atoms with Gasteiger partial charge in [0.1, 0.15) is 5.75 Å². The molecule has 2 aliphatic heterocycles. The fourth-order valence-corrected chi connectivity index (χ4v) is 4.27. The van der Waals surface area contributed by atoms with E-state index in [4.69, 9.17) is 16.3 Å². The zero-order valence-corrected chi connectivity index (χ0v) is 15.9. The summed E-state index contributed by atoms with van der Waals surface area (Å²) in [4.78, 5) is 11.0. The Kier molecular flexibility index (Phi) is 5.27. The van der Waals surface area contributed by atoms with Crippen LogP contribution in [0, 0.1) is 6.92 Å². The van der Waals surface area contributed by atoms with Gasteiger partial charge in [0.05, 0.1) is 6.61 Å². The molecule has 26 heavy (non-hydrogen) atoms. The molecule has 0 saturated carbocycles. The summed E-state index contributed by atoms with van der Waals surface area (Å²) in [6.45, 7) is 4.81. The lowest BCUT2D eigenvalue weighted by atomic mass is 9.96. The van der Waals surface area contributed by atoms with Gasteiger partial charge < -0.3 is 15.0 Å². The molecule has 1 aromatic heterocycles. The van der Waals surface area contributed by atoms with Gasteiger partial charge in [-0.25, -0.2) is 9.97 Å². The number of nitrogens with one attached hydrogen (secondary N) is 1. The van der Waals surface area contributed by atoms with Gasteiger partial charge in [0.15, 0.2) is 0 Å². The number of aryl methyl sites for hydroxylation is 1. The third kappa shape index (κ3) is 3.79. The van der Waals surface area contributed by atoms with E-state index in [-0.39, 0.29) is 0 Å². The van der Waals surface area contributed by atoms with Crippen LogP contribution in [-0.4, -0.2) is 35.7 Å². The molecular formula is C20H25ClN4O. The summed E-state index contributed by atoms with van der Waals surface area (Å²) in [5, 5.41) is 4.66. The molecule has 4 rings (SSSR count). The van der Waals surface area contributed by atoms with Crippen LogP contribution in [0.4, 0.5) is 5.95 Å². The average molecular weight is 373 g/mol. The van der Waals surface area contributed by atoms with Crippen molar-refractivity contribution in [3.05, 3.63) is 46.7 Å². The number of anilines is 1. The second-order valence-corrected chi connectivity index (χ2v) is 7.60. The van der Waals surface area contributed by atoms with E-state index in [2.05, 4.69) is 33.2 Å². The van der Waals surface area contributed by atoms with Gasteiger partial charge in [-0.1, -0.05) is 11.6 Å². The van der Waals surface area contributed by atoms with E-state index in [1.165, 1.54) is 5.56 Å². The average Bonchev–Trinajstić information content (AvgIpc) is 2.86. The molecular weight excluding hydrogens is 348 g/mol. The Morgan fingerprint density at radius 3 is 2.69 bits per heavy atom. The number of rotatable bonds is 3. The minimum atomic E-state index is 0.300. The Labute approximate surface area is 159 Å². The van der Waals surface area contributed by atoms with Crippen LogP contribution in [0.3, 0.4) is 0 Å². The number of ether oxygens (including phenoxy) is 1. The van der Waals surface area contributed by atoms with Gasteiger partial charge >= 0.3 is 0 Å². The van der Waals surface area contributed by atoms with Crippen LogP contribution in [-0.2, 0) is 0 Å². The molecule has 3 heterocycles. The van der Waals surface area contributed by atoms with Gasteiger partial charge in [-0.15, -0.1) is 0 Å². The van der Waals surface area contributed by atoms with E-state index in [0.29, 0.717) is 12.1 Å². The number of hydrogen-bond donors (Lipinski definition) is 1. The number of hydrogen-bond acceptors (Lipinski definition) is 5. The van der Waals surface area contributed by atoms with Crippen molar-refractivity contribution in [3.8, 4) is 5.75 Å². The highest BCUT2D eigenvalue weighted by molar-refractivity contribution is 6.30. The number of piperidine rings is 1. The predicted octanol–water partition coefficient (Wildman–Crippen LogP) is 3.91. The molecule has 1 atom stereocenters. The number of nitrogens with zero attached hydrogens (tertiary/aromatic N) is 3. The van der Waals surface area contributed by atoms with Crippen molar-refractivity contribution in [2.75, 3.05) is 24.6 Å². The summed E-state index contributed by atoms with van der Waals surface area (Å²) in [5.41, 5.74) is 2.33. The number of halogens is 1. The van der Waals surface area contributed by atoms with Crippen LogP contribution in [0.2, 0.25) is 5.02 Å². The summed E-state index contributed by atoms with van der Waals surface area (Å²) in [6, 6.07) is 6.71. The Bertz CT molecular complexity index is 747. The standard InChI is InChI=1S/C20H25ClN4O/c1-14-12-15(21)13-17-18(4-2-11-26-19(14)17)24-16-5-9-25(10-6-16)20-22-7-3-8-23-20/h3,7-8,12-13,16,18,24H,2,4-6,9-11H2,1H3. The number of fused-ring (bicyclic) bond motifs is 1. The molecule has 0 radical (unpaired) electrons. The van der Waals surface area contributed by atoms with Crippen molar-refractivity contribution in [3.63, 3.8) is 0 Å². The first-order valence-electron chi connectivity index (χ1n) is 9.41. The van der Waals surface area contributed by atoms with E-state index in [9.17, 15) is 0 Å². The fraction of sp³-hybridized carbons (Fsp3) is 0.500. The molecule has 0 bridgehead atoms. The summed E-state index contributed by atoms with van der Waals surface area (Å²) >= 11 is 6.33. The molecule has 0 aliphatic carbocycles. The van der Waals surface area contributed by atoms with Crippen LogP contribution in [0.25, 0.3) is 0 Å². The summed E-state index contributed by atoms with van der Waals surface area (Å²) in [6.07, 6.45) is 7.92. The lowest BCUT2D eigenvalue weighted by molar-refractivity contribution is 0.310. The van der Waals surface area contributed by atoms with Crippen molar-refractivity contribution in [1.29, 1.82) is 0 Å². The normalized spacial score (nSPS) is 21.0. The SMILES string of the molecule is Cc1cc(Cl)cc2c1OCCCC2NC1CCN(c2ncccn2)CC1. The number of aromatic nitrogens is 2. The lowest BCUT2D eigenvalue weighted by Gasteiger charge is -2.34. The van der Waals surface area contributed by atoms with Crippen LogP contribution < -0.4 is 15.0 Å². The highest BCUT2D eigenvalue weighted by Gasteiger charge is 2.27. The molecule has 2 aromatic rings. The molecule has 2 aliphatic rings. The lowest BCUT2D eigenvalue weighted by Crippen LogP contribution is -2.44. The van der Waals surface area contributed by atoms with Crippen molar-refractivity contribution in [2.45, 2.75) is 44.7 Å². The molecule has 1 N–H and O–H groups in total. The zero-order valence-electron chi connectivity index (χ0n) is 15.1. The van der Waals surface area contributed by atoms with E-state index >= 15 is 0 Å². The van der Waals surface area contributed by atoms with Crippen LogP contribution in [0.5, 0.6) is 5.75 Å². The first-order chi connectivity index (χ1) is 12.7. The second-order valence-electron chi connectivity index (χ2n) is 7.16. The van der Waals surface area contributed by atoms with Crippen LogP contribution in [0.15, 0.2) is 30.6 Å². The maximum atomic E-state index is 6.33. The van der Waals surface area contributed by atoms with E-state index < -0.39 is 0 Å². The largest absolute Gasteiger partial charge is 0.493 e. The fourth-order valence-electron chi connectivity index (χ4n) is 3.99. The number of benzene rings is 1. The van der Waals surface area contributed by atoms with Crippen molar-refractivity contribution in [2.24, 2.45) is 0 Å². The summed E-state index contributed by atoms with van der Waals surface area (Å²) in [7, 11) is 0. The van der Waals surface area contributed by atoms with Crippen molar-refractivity contribution < 1.29 is 4.74 Å². The van der Waals surface area contributed by atoms with E-state index in [1.807, 2.05) is 12.1 Å². The molecule has 1 unspecified atom stereocenters. The van der Waals surface area contributed by atoms with Crippen LogP contribution >= 0.6 is 11.6 Å².